The van der Waals surface area contributed by atoms with Crippen LogP contribution in [0.4, 0.5) is 0 Å². The molecule has 3 unspecified atom stereocenters. The summed E-state index contributed by atoms with van der Waals surface area (Å²) in [5.74, 6) is 3.81. The number of hydrogen-bond donors (Lipinski definition) is 2. The van der Waals surface area contributed by atoms with E-state index in [0.29, 0.717) is 12.1 Å². The molecule has 1 aromatic carbocycles. The number of aliphatic imine (C=N–C) groups is 1. The smallest absolute Gasteiger partial charge is 0.191 e. The predicted molar refractivity (Wildman–Crippen MR) is 147 cm³/mol. The Balaban J connectivity index is 0.00000274. The molecule has 1 saturated heterocycles. The lowest BCUT2D eigenvalue weighted by molar-refractivity contribution is 0.198. The lowest BCUT2D eigenvalue weighted by Gasteiger charge is -2.34. The fraction of sp³-hybridized carbons (Fsp3) is 0.654. The van der Waals surface area contributed by atoms with Gasteiger partial charge in [-0.2, -0.15) is 0 Å². The number of guanidine groups is 1. The third-order valence-electron chi connectivity index (χ3n) is 7.86. The van der Waals surface area contributed by atoms with Crippen LogP contribution in [0.3, 0.4) is 0 Å². The van der Waals surface area contributed by atoms with Crippen LogP contribution in [0.5, 0.6) is 0 Å². The monoisotopic (exact) mass is 577 g/mol. The normalized spacial score (nSPS) is 25.3. The lowest BCUT2D eigenvalue weighted by Crippen LogP contribution is -2.51. The van der Waals surface area contributed by atoms with E-state index in [4.69, 9.17) is 4.99 Å². The Labute approximate surface area is 221 Å². The first kappa shape index (κ1) is 25.4. The largest absolute Gasteiger partial charge is 0.354 e. The molecule has 8 heteroatoms. The van der Waals surface area contributed by atoms with Crippen molar-refractivity contribution in [3.8, 4) is 0 Å². The first-order chi connectivity index (χ1) is 16.3. The molecule has 3 fully saturated rings. The van der Waals surface area contributed by atoms with Crippen molar-refractivity contribution in [3.05, 3.63) is 48.0 Å². The summed E-state index contributed by atoms with van der Waals surface area (Å²) in [5.41, 5.74) is 1.41. The van der Waals surface area contributed by atoms with Gasteiger partial charge >= 0.3 is 0 Å². The summed E-state index contributed by atoms with van der Waals surface area (Å²) < 4.78 is 2.13. The molecule has 1 aromatic heterocycles. The van der Waals surface area contributed by atoms with Gasteiger partial charge in [0.15, 0.2) is 5.96 Å². The maximum atomic E-state index is 5.01. The Morgan fingerprint density at radius 2 is 1.88 bits per heavy atom. The van der Waals surface area contributed by atoms with Crippen molar-refractivity contribution in [1.29, 1.82) is 0 Å². The average Bonchev–Trinajstić information content (AvgIpc) is 3.58. The summed E-state index contributed by atoms with van der Waals surface area (Å²) in [4.78, 5) is 7.58. The minimum atomic E-state index is 0. The molecule has 7 nitrogen and oxygen atoms in total. The second kappa shape index (κ2) is 12.3. The number of piperidine rings is 1. The molecule has 2 saturated carbocycles. The molecule has 0 spiro atoms. The first-order valence-corrected chi connectivity index (χ1v) is 13.0. The molecule has 3 atom stereocenters. The van der Waals surface area contributed by atoms with Crippen molar-refractivity contribution in [2.24, 2.45) is 16.8 Å². The first-order valence-electron chi connectivity index (χ1n) is 13.0. The average molecular weight is 578 g/mol. The molecule has 2 N–H and O–H groups in total. The molecule has 2 aromatic rings. The second-order valence-corrected chi connectivity index (χ2v) is 10.1. The van der Waals surface area contributed by atoms with E-state index in [1.807, 2.05) is 6.33 Å². The van der Waals surface area contributed by atoms with E-state index in [1.54, 1.807) is 0 Å². The van der Waals surface area contributed by atoms with E-state index in [2.05, 4.69) is 67.6 Å². The fourth-order valence-electron chi connectivity index (χ4n) is 6.01. The van der Waals surface area contributed by atoms with E-state index in [-0.39, 0.29) is 24.0 Å². The van der Waals surface area contributed by atoms with Crippen LogP contribution in [0.1, 0.15) is 56.8 Å². The molecular formula is C26H40IN7. The maximum absolute atomic E-state index is 5.01. The Bertz CT molecular complexity index is 907. The van der Waals surface area contributed by atoms with Gasteiger partial charge in [0.1, 0.15) is 12.2 Å². The van der Waals surface area contributed by atoms with E-state index in [0.717, 1.165) is 75.6 Å². The number of nitrogens with one attached hydrogen (secondary N) is 2. The molecule has 34 heavy (non-hydrogen) atoms. The molecular weight excluding hydrogens is 537 g/mol. The lowest BCUT2D eigenvalue weighted by atomic mass is 9.95. The number of fused-ring (bicyclic) bond motifs is 2. The summed E-state index contributed by atoms with van der Waals surface area (Å²) >= 11 is 0. The van der Waals surface area contributed by atoms with Crippen LogP contribution in [0, 0.1) is 11.8 Å². The highest BCUT2D eigenvalue weighted by molar-refractivity contribution is 14.0. The summed E-state index contributed by atoms with van der Waals surface area (Å²) in [7, 11) is 0. The van der Waals surface area contributed by atoms with Crippen molar-refractivity contribution in [3.63, 3.8) is 0 Å². The van der Waals surface area contributed by atoms with Crippen molar-refractivity contribution >= 4 is 29.9 Å². The van der Waals surface area contributed by atoms with Crippen LogP contribution in [0.15, 0.2) is 41.7 Å². The Kier molecular flexibility index (Phi) is 9.22. The Morgan fingerprint density at radius 3 is 2.59 bits per heavy atom. The third kappa shape index (κ3) is 6.50. The highest BCUT2D eigenvalue weighted by Crippen LogP contribution is 2.44. The third-order valence-corrected chi connectivity index (χ3v) is 7.86. The van der Waals surface area contributed by atoms with Crippen LogP contribution in [-0.2, 0) is 19.5 Å². The number of aromatic nitrogens is 3. The minimum Gasteiger partial charge on any atom is -0.354 e. The molecule has 1 aliphatic heterocycles. The highest BCUT2D eigenvalue weighted by atomic mass is 127. The SMILES string of the molecule is CCc1nncn1CCN=C(NC1CCN(Cc2ccccc2)CC1)NC1CC2CCC1C2.I. The number of benzene rings is 1. The van der Waals surface area contributed by atoms with E-state index >= 15 is 0 Å². The van der Waals surface area contributed by atoms with Crippen LogP contribution in [0.25, 0.3) is 0 Å². The quantitative estimate of drug-likeness (QED) is 0.284. The fourth-order valence-corrected chi connectivity index (χ4v) is 6.01. The second-order valence-electron chi connectivity index (χ2n) is 10.1. The number of nitrogens with zero attached hydrogens (tertiary/aromatic N) is 5. The number of hydrogen-bond acceptors (Lipinski definition) is 4. The van der Waals surface area contributed by atoms with Crippen molar-refractivity contribution in [1.82, 2.24) is 30.3 Å². The van der Waals surface area contributed by atoms with Gasteiger partial charge in [0, 0.05) is 44.7 Å². The molecule has 186 valence electrons. The zero-order valence-electron chi connectivity index (χ0n) is 20.4. The Morgan fingerprint density at radius 1 is 1.06 bits per heavy atom. The van der Waals surface area contributed by atoms with Gasteiger partial charge in [-0.3, -0.25) is 9.89 Å². The summed E-state index contributed by atoms with van der Waals surface area (Å²) in [6, 6.07) is 11.9. The zero-order valence-corrected chi connectivity index (χ0v) is 22.7. The number of halogens is 1. The van der Waals surface area contributed by atoms with Crippen molar-refractivity contribution < 1.29 is 0 Å². The molecule has 2 aliphatic carbocycles. The highest BCUT2D eigenvalue weighted by Gasteiger charge is 2.40. The molecule has 5 rings (SSSR count). The van der Waals surface area contributed by atoms with Gasteiger partial charge in [0.25, 0.3) is 0 Å². The molecule has 2 bridgehead atoms. The van der Waals surface area contributed by atoms with E-state index in [9.17, 15) is 0 Å². The molecule has 2 heterocycles. The van der Waals surface area contributed by atoms with Crippen LogP contribution >= 0.6 is 24.0 Å². The van der Waals surface area contributed by atoms with Gasteiger partial charge in [-0.25, -0.2) is 0 Å². The Hall–Kier alpha value is -1.68. The van der Waals surface area contributed by atoms with Crippen LogP contribution in [-0.4, -0.2) is 57.3 Å². The predicted octanol–water partition coefficient (Wildman–Crippen LogP) is 3.85. The zero-order chi connectivity index (χ0) is 22.5. The summed E-state index contributed by atoms with van der Waals surface area (Å²) in [6.07, 6.45) is 10.6. The van der Waals surface area contributed by atoms with Gasteiger partial charge in [-0.15, -0.1) is 34.2 Å². The topological polar surface area (TPSA) is 70.4 Å². The van der Waals surface area contributed by atoms with Crippen LogP contribution < -0.4 is 10.6 Å². The molecule has 3 aliphatic rings. The minimum absolute atomic E-state index is 0. The standard InChI is InChI=1S/C26H39N7.HI/c1-2-25-31-28-19-33(25)15-12-27-26(30-24-17-21-8-9-22(24)16-21)29-23-10-13-32(14-11-23)18-20-6-4-3-5-7-20;/h3-7,19,21-24H,2,8-18H2,1H3,(H2,27,29,30);1H. The van der Waals surface area contributed by atoms with Gasteiger partial charge in [0.2, 0.25) is 0 Å². The van der Waals surface area contributed by atoms with Crippen molar-refractivity contribution in [2.45, 2.75) is 77.0 Å². The van der Waals surface area contributed by atoms with Gasteiger partial charge in [-0.05, 0) is 49.5 Å². The maximum Gasteiger partial charge on any atom is 0.191 e. The molecule has 0 amide bonds. The van der Waals surface area contributed by atoms with Gasteiger partial charge in [-0.1, -0.05) is 43.7 Å². The number of aryl methyl sites for hydroxylation is 1. The number of likely N-dealkylation sites (tertiary alicyclic amines) is 1. The number of rotatable bonds is 8. The van der Waals surface area contributed by atoms with E-state index < -0.39 is 0 Å². The van der Waals surface area contributed by atoms with Crippen molar-refractivity contribution in [2.75, 3.05) is 19.6 Å². The van der Waals surface area contributed by atoms with Gasteiger partial charge in [0.05, 0.1) is 6.54 Å². The van der Waals surface area contributed by atoms with Crippen LogP contribution in [0.2, 0.25) is 0 Å². The molecule has 0 radical (unpaired) electrons. The van der Waals surface area contributed by atoms with E-state index in [1.165, 1.54) is 31.2 Å². The van der Waals surface area contributed by atoms with Gasteiger partial charge < -0.3 is 15.2 Å². The summed E-state index contributed by atoms with van der Waals surface area (Å²) in [6.45, 7) is 7.01. The summed E-state index contributed by atoms with van der Waals surface area (Å²) in [5, 5.41) is 15.9.